The molecule has 5 rings (SSSR count). The summed E-state index contributed by atoms with van der Waals surface area (Å²) in [6.45, 7) is 1.38. The number of rotatable bonds is 8. The normalized spacial score (nSPS) is 12.9. The molecule has 0 unspecified atom stereocenters. The quantitative estimate of drug-likeness (QED) is 0.334. The van der Waals surface area contributed by atoms with Gasteiger partial charge in [-0.2, -0.15) is 5.26 Å². The van der Waals surface area contributed by atoms with Gasteiger partial charge in [-0.05, 0) is 66.0 Å². The van der Waals surface area contributed by atoms with Crippen molar-refractivity contribution in [2.24, 2.45) is 0 Å². The van der Waals surface area contributed by atoms with Crippen LogP contribution in [-0.2, 0) is 11.2 Å². The van der Waals surface area contributed by atoms with Crippen LogP contribution in [0.15, 0.2) is 84.0 Å². The zero-order valence-electron chi connectivity index (χ0n) is 20.6. The molecule has 0 amide bonds. The van der Waals surface area contributed by atoms with Gasteiger partial charge in [-0.1, -0.05) is 18.2 Å². The zero-order valence-corrected chi connectivity index (χ0v) is 21.4. The van der Waals surface area contributed by atoms with E-state index >= 15 is 0 Å². The minimum Gasteiger partial charge on any atom is -0.489 e. The molecule has 0 bridgehead atoms. The van der Waals surface area contributed by atoms with Crippen molar-refractivity contribution in [1.29, 1.82) is 5.26 Å². The van der Waals surface area contributed by atoms with Crippen LogP contribution in [0.5, 0.6) is 5.75 Å². The predicted molar refractivity (Wildman–Crippen MR) is 147 cm³/mol. The van der Waals surface area contributed by atoms with E-state index in [9.17, 15) is 5.26 Å². The number of nitriles is 1. The average Bonchev–Trinajstić information content (AvgIpc) is 2.94. The van der Waals surface area contributed by atoms with Crippen LogP contribution in [0.2, 0.25) is 0 Å². The Morgan fingerprint density at radius 3 is 2.53 bits per heavy atom. The first-order chi connectivity index (χ1) is 17.8. The summed E-state index contributed by atoms with van der Waals surface area (Å²) in [7, 11) is 0. The first-order valence-corrected chi connectivity index (χ1v) is 12.6. The Kier molecular flexibility index (Phi) is 10.6. The van der Waals surface area contributed by atoms with Crippen LogP contribution in [0, 0.1) is 11.3 Å². The lowest BCUT2D eigenvalue weighted by molar-refractivity contribution is 0.0254. The van der Waals surface area contributed by atoms with E-state index in [-0.39, 0.29) is 17.1 Å². The standard InChI is InChI=1S/C28H25N5O2S.2H2O/c29-19-22-18-21(6-9-26(22)35-23-11-15-34-16-12-23)25-10-14-31-28(32-25)17-20-4-7-24(8-5-20)36-33-27-3-1-2-13-30-27;;/h1-10,13-14,18,23H,11-12,15-17H2,(H,30,33);2*1H2. The minimum atomic E-state index is 0. The number of anilines is 1. The smallest absolute Gasteiger partial charge is 0.137 e. The van der Waals surface area contributed by atoms with Crippen LogP contribution in [-0.4, -0.2) is 45.2 Å². The second-order valence-electron chi connectivity index (χ2n) is 8.35. The SMILES string of the molecule is N#Cc1cc(-c2ccnc(Cc3ccc(SNc4ccccn4)cc3)n2)ccc1OC1CCOCC1.O.O. The Morgan fingerprint density at radius 2 is 1.79 bits per heavy atom. The van der Waals surface area contributed by atoms with Crippen molar-refractivity contribution in [2.45, 2.75) is 30.3 Å². The second kappa shape index (κ2) is 14.1. The van der Waals surface area contributed by atoms with E-state index < -0.39 is 0 Å². The van der Waals surface area contributed by atoms with Gasteiger partial charge in [-0.3, -0.25) is 0 Å². The Balaban J connectivity index is 0.00000200. The van der Waals surface area contributed by atoms with Crippen molar-refractivity contribution < 1.29 is 20.4 Å². The van der Waals surface area contributed by atoms with Gasteiger partial charge in [0.05, 0.1) is 24.5 Å². The maximum atomic E-state index is 9.70. The van der Waals surface area contributed by atoms with E-state index in [0.29, 0.717) is 30.9 Å². The van der Waals surface area contributed by atoms with Crippen molar-refractivity contribution in [3.8, 4) is 23.1 Å². The lowest BCUT2D eigenvalue weighted by atomic mass is 10.1. The molecule has 5 N–H and O–H groups in total. The fourth-order valence-corrected chi connectivity index (χ4v) is 4.51. The van der Waals surface area contributed by atoms with Crippen LogP contribution in [0.1, 0.15) is 29.8 Å². The van der Waals surface area contributed by atoms with Crippen LogP contribution in [0.25, 0.3) is 11.3 Å². The third-order valence-corrected chi connectivity index (χ3v) is 6.61. The van der Waals surface area contributed by atoms with Gasteiger partial charge >= 0.3 is 0 Å². The van der Waals surface area contributed by atoms with Gasteiger partial charge in [-0.15, -0.1) is 0 Å². The molecule has 0 aliphatic carbocycles. The molecular formula is C28H29N5O4S. The van der Waals surface area contributed by atoms with Gasteiger partial charge in [0.1, 0.15) is 29.6 Å². The molecule has 0 radical (unpaired) electrons. The van der Waals surface area contributed by atoms with E-state index in [1.54, 1.807) is 12.4 Å². The van der Waals surface area contributed by atoms with Gasteiger partial charge in [0.2, 0.25) is 0 Å². The first kappa shape index (κ1) is 28.6. The molecule has 0 saturated carbocycles. The van der Waals surface area contributed by atoms with E-state index in [2.05, 4.69) is 45.0 Å². The number of ether oxygens (including phenoxy) is 2. The summed E-state index contributed by atoms with van der Waals surface area (Å²) in [6.07, 6.45) is 5.89. The molecule has 1 aliphatic rings. The van der Waals surface area contributed by atoms with Crippen LogP contribution >= 0.6 is 11.9 Å². The fraction of sp³-hybridized carbons (Fsp3) is 0.214. The number of hydrogen-bond donors (Lipinski definition) is 1. The van der Waals surface area contributed by atoms with Crippen LogP contribution < -0.4 is 9.46 Å². The van der Waals surface area contributed by atoms with Gasteiger partial charge < -0.3 is 25.1 Å². The highest BCUT2D eigenvalue weighted by molar-refractivity contribution is 8.00. The topological polar surface area (TPSA) is 156 Å². The lowest BCUT2D eigenvalue weighted by Crippen LogP contribution is -2.26. The highest BCUT2D eigenvalue weighted by atomic mass is 32.2. The van der Waals surface area contributed by atoms with Crippen molar-refractivity contribution in [3.63, 3.8) is 0 Å². The largest absolute Gasteiger partial charge is 0.489 e. The van der Waals surface area contributed by atoms with Crippen LogP contribution in [0.4, 0.5) is 5.82 Å². The third kappa shape index (κ3) is 7.50. The summed E-state index contributed by atoms with van der Waals surface area (Å²) in [5, 5.41) is 9.70. The molecule has 0 atom stereocenters. The van der Waals surface area contributed by atoms with Crippen molar-refractivity contribution in [2.75, 3.05) is 17.9 Å². The molecule has 38 heavy (non-hydrogen) atoms. The van der Waals surface area contributed by atoms with Gasteiger partial charge in [-0.25, -0.2) is 15.0 Å². The summed E-state index contributed by atoms with van der Waals surface area (Å²) in [5.74, 6) is 2.15. The summed E-state index contributed by atoms with van der Waals surface area (Å²) in [4.78, 5) is 14.6. The average molecular weight is 532 g/mol. The molecule has 9 nitrogen and oxygen atoms in total. The van der Waals surface area contributed by atoms with Gasteiger partial charge in [0.15, 0.2) is 0 Å². The fourth-order valence-electron chi connectivity index (χ4n) is 3.89. The highest BCUT2D eigenvalue weighted by Crippen LogP contribution is 2.28. The molecular weight excluding hydrogens is 502 g/mol. The van der Waals surface area contributed by atoms with E-state index in [0.717, 1.165) is 46.2 Å². The predicted octanol–water partition coefficient (Wildman–Crippen LogP) is 4.03. The number of benzene rings is 2. The van der Waals surface area contributed by atoms with Crippen molar-refractivity contribution >= 4 is 17.8 Å². The molecule has 1 saturated heterocycles. The van der Waals surface area contributed by atoms with Crippen molar-refractivity contribution in [1.82, 2.24) is 15.0 Å². The molecule has 0 spiro atoms. The molecule has 196 valence electrons. The number of nitrogens with zero attached hydrogens (tertiary/aromatic N) is 4. The Hall–Kier alpha value is -4.01. The van der Waals surface area contributed by atoms with E-state index in [1.165, 1.54) is 11.9 Å². The van der Waals surface area contributed by atoms with E-state index in [1.807, 2.05) is 42.5 Å². The maximum absolute atomic E-state index is 9.70. The monoisotopic (exact) mass is 531 g/mol. The molecule has 1 aliphatic heterocycles. The third-order valence-electron chi connectivity index (χ3n) is 5.79. The molecule has 4 aromatic rings. The molecule has 2 aromatic heterocycles. The number of pyridine rings is 1. The summed E-state index contributed by atoms with van der Waals surface area (Å²) in [5.41, 5.74) is 3.27. The van der Waals surface area contributed by atoms with Gasteiger partial charge in [0.25, 0.3) is 0 Å². The molecule has 1 fully saturated rings. The molecule has 10 heteroatoms. The summed E-state index contributed by atoms with van der Waals surface area (Å²) < 4.78 is 14.7. The lowest BCUT2D eigenvalue weighted by Gasteiger charge is -2.23. The zero-order chi connectivity index (χ0) is 24.6. The molecule has 3 heterocycles. The minimum absolute atomic E-state index is 0. The number of aromatic nitrogens is 3. The Labute approximate surface area is 225 Å². The Morgan fingerprint density at radius 1 is 0.974 bits per heavy atom. The van der Waals surface area contributed by atoms with Crippen molar-refractivity contribution in [3.05, 3.63) is 96.1 Å². The second-order valence-corrected chi connectivity index (χ2v) is 9.23. The summed E-state index contributed by atoms with van der Waals surface area (Å²) >= 11 is 1.52. The number of nitrogens with one attached hydrogen (secondary N) is 1. The van der Waals surface area contributed by atoms with E-state index in [4.69, 9.17) is 14.5 Å². The first-order valence-electron chi connectivity index (χ1n) is 11.8. The highest BCUT2D eigenvalue weighted by Gasteiger charge is 2.17. The van der Waals surface area contributed by atoms with Gasteiger partial charge in [0, 0.05) is 42.1 Å². The Bertz CT molecular complexity index is 1340. The number of hydrogen-bond acceptors (Lipinski definition) is 8. The molecule has 2 aromatic carbocycles. The van der Waals surface area contributed by atoms with Crippen LogP contribution in [0.3, 0.4) is 0 Å². The maximum Gasteiger partial charge on any atom is 0.137 e. The summed E-state index contributed by atoms with van der Waals surface area (Å²) in [6, 6.07) is 23.8.